The summed E-state index contributed by atoms with van der Waals surface area (Å²) in [5.74, 6) is 0.584. The largest absolute Gasteiger partial charge is 0.684 e. The average molecular weight is 359 g/mol. The molecule has 3 heteroatoms. The number of unbranched alkanes of at least 4 members (excludes halogenated alkanes) is 4. The summed E-state index contributed by atoms with van der Waals surface area (Å²) in [6, 6.07) is 10.1. The van der Waals surface area contributed by atoms with Crippen LogP contribution in [0.5, 0.6) is 0 Å². The number of aliphatic hydroxyl groups is 1. The molecule has 1 radical (unpaired) electrons. The fourth-order valence-electron chi connectivity index (χ4n) is 1.87. The van der Waals surface area contributed by atoms with Crippen LogP contribution >= 0.6 is 0 Å². The molecule has 2 nitrogen and oxygen atoms in total. The third-order valence-electron chi connectivity index (χ3n) is 3.41. The Labute approximate surface area is 154 Å². The molecule has 0 amide bonds. The minimum Gasteiger partial charge on any atom is -0.684 e. The molecule has 1 rings (SSSR count). The first-order chi connectivity index (χ1) is 10.6. The van der Waals surface area contributed by atoms with Gasteiger partial charge in [-0.2, -0.15) is 0 Å². The van der Waals surface area contributed by atoms with Crippen molar-refractivity contribution in [1.82, 2.24) is 0 Å². The van der Waals surface area contributed by atoms with Crippen LogP contribution in [0, 0.1) is 0 Å². The molecule has 0 unspecified atom stereocenters. The SMILES string of the molecule is CCCCCCC(O)=C(C)C.CCCC[N-]c1ccccc1.[Mn]. The van der Waals surface area contributed by atoms with E-state index in [2.05, 4.69) is 19.2 Å². The molecule has 0 aliphatic carbocycles. The quantitative estimate of drug-likeness (QED) is 0.280. The maximum absolute atomic E-state index is 9.31. The molecule has 0 saturated carbocycles. The van der Waals surface area contributed by atoms with Gasteiger partial charge in [-0.15, -0.1) is 12.2 Å². The Bertz CT molecular complexity index is 386. The summed E-state index contributed by atoms with van der Waals surface area (Å²) in [5.41, 5.74) is 2.16. The molecule has 1 aromatic carbocycles. The van der Waals surface area contributed by atoms with Crippen LogP contribution in [0.15, 0.2) is 41.7 Å². The number of hydrogen-bond acceptors (Lipinski definition) is 1. The summed E-state index contributed by atoms with van der Waals surface area (Å²) < 4.78 is 0. The van der Waals surface area contributed by atoms with E-state index in [0.717, 1.165) is 30.6 Å². The molecule has 0 heterocycles. The standard InChI is InChI=1S/C10H14N.C10H20O.Mn/c1-2-3-9-11-10-7-5-4-6-8-10;1-4-5-6-7-8-10(11)9(2)3;/h4-8H,2-3,9H2,1H3;11H,4-8H2,1-3H3;/q-1;;. The fourth-order valence-corrected chi connectivity index (χ4v) is 1.87. The second kappa shape index (κ2) is 17.4. The van der Waals surface area contributed by atoms with E-state index in [-0.39, 0.29) is 17.1 Å². The van der Waals surface area contributed by atoms with Gasteiger partial charge in [0.05, 0.1) is 5.76 Å². The molecule has 133 valence electrons. The van der Waals surface area contributed by atoms with Crippen LogP contribution in [0.4, 0.5) is 5.69 Å². The molecule has 1 aromatic rings. The molecule has 0 aliphatic heterocycles. The molecule has 0 aromatic heterocycles. The predicted molar refractivity (Wildman–Crippen MR) is 99.0 cm³/mol. The number of benzene rings is 1. The number of rotatable bonds is 9. The van der Waals surface area contributed by atoms with Crippen LogP contribution < -0.4 is 0 Å². The zero-order chi connectivity index (χ0) is 16.6. The van der Waals surface area contributed by atoms with Crippen molar-refractivity contribution in [2.45, 2.75) is 72.6 Å². The zero-order valence-corrected chi connectivity index (χ0v) is 16.5. The van der Waals surface area contributed by atoms with Crippen LogP contribution in [-0.2, 0) is 17.1 Å². The molecular formula is C20H34MnNO-. The molecule has 23 heavy (non-hydrogen) atoms. The summed E-state index contributed by atoms with van der Waals surface area (Å²) in [4.78, 5) is 0. The van der Waals surface area contributed by atoms with Gasteiger partial charge in [0, 0.05) is 23.5 Å². The Kier molecular flexibility index (Phi) is 18.4. The number of hydrogen-bond donors (Lipinski definition) is 1. The number of aliphatic hydroxyl groups excluding tert-OH is 1. The Hall–Kier alpha value is -0.921. The van der Waals surface area contributed by atoms with Crippen molar-refractivity contribution in [3.63, 3.8) is 0 Å². The van der Waals surface area contributed by atoms with Crippen molar-refractivity contribution < 1.29 is 22.2 Å². The van der Waals surface area contributed by atoms with E-state index in [9.17, 15) is 5.11 Å². The first-order valence-electron chi connectivity index (χ1n) is 8.69. The van der Waals surface area contributed by atoms with Crippen LogP contribution in [0.2, 0.25) is 0 Å². The first-order valence-corrected chi connectivity index (χ1v) is 8.69. The smallest absolute Gasteiger partial charge is 0.0908 e. The fraction of sp³-hybridized carbons (Fsp3) is 0.600. The van der Waals surface area contributed by atoms with E-state index >= 15 is 0 Å². The molecule has 0 bridgehead atoms. The summed E-state index contributed by atoms with van der Waals surface area (Å²) in [5, 5.41) is 13.7. The van der Waals surface area contributed by atoms with Gasteiger partial charge in [-0.05, 0) is 25.8 Å². The maximum Gasteiger partial charge on any atom is 0.0908 e. The van der Waals surface area contributed by atoms with E-state index in [1.807, 2.05) is 44.2 Å². The van der Waals surface area contributed by atoms with Gasteiger partial charge < -0.3 is 10.4 Å². The van der Waals surface area contributed by atoms with Crippen LogP contribution in [0.1, 0.15) is 72.6 Å². The second-order valence-electron chi connectivity index (χ2n) is 5.83. The molecule has 1 N–H and O–H groups in total. The third-order valence-corrected chi connectivity index (χ3v) is 3.41. The van der Waals surface area contributed by atoms with Crippen molar-refractivity contribution in [2.24, 2.45) is 0 Å². The number of nitrogens with zero attached hydrogens (tertiary/aromatic N) is 1. The Morgan fingerprint density at radius 2 is 1.52 bits per heavy atom. The average Bonchev–Trinajstić information content (AvgIpc) is 2.53. The predicted octanol–water partition coefficient (Wildman–Crippen LogP) is 7.30. The van der Waals surface area contributed by atoms with E-state index in [0.29, 0.717) is 5.76 Å². The van der Waals surface area contributed by atoms with Gasteiger partial charge in [0.1, 0.15) is 0 Å². The molecule has 0 spiro atoms. The van der Waals surface area contributed by atoms with Crippen LogP contribution in [0.25, 0.3) is 5.32 Å². The van der Waals surface area contributed by atoms with Gasteiger partial charge in [-0.1, -0.05) is 76.3 Å². The molecule has 0 atom stereocenters. The summed E-state index contributed by atoms with van der Waals surface area (Å²) in [7, 11) is 0. The molecule has 0 fully saturated rings. The van der Waals surface area contributed by atoms with Crippen molar-refractivity contribution >= 4 is 5.69 Å². The molecular weight excluding hydrogens is 325 g/mol. The Balaban J connectivity index is 0. The van der Waals surface area contributed by atoms with Crippen molar-refractivity contribution in [2.75, 3.05) is 6.54 Å². The summed E-state index contributed by atoms with van der Waals surface area (Å²) in [6.07, 6.45) is 8.19. The maximum atomic E-state index is 9.31. The van der Waals surface area contributed by atoms with Crippen molar-refractivity contribution in [3.05, 3.63) is 47.0 Å². The van der Waals surface area contributed by atoms with Crippen molar-refractivity contribution in [3.8, 4) is 0 Å². The Morgan fingerprint density at radius 3 is 2.04 bits per heavy atom. The van der Waals surface area contributed by atoms with Gasteiger partial charge in [0.2, 0.25) is 0 Å². The van der Waals surface area contributed by atoms with E-state index in [1.54, 1.807) is 0 Å². The normalized spacial score (nSPS) is 9.22. The van der Waals surface area contributed by atoms with E-state index < -0.39 is 0 Å². The van der Waals surface area contributed by atoms with Crippen LogP contribution in [0.3, 0.4) is 0 Å². The summed E-state index contributed by atoms with van der Waals surface area (Å²) >= 11 is 0. The monoisotopic (exact) mass is 359 g/mol. The minimum atomic E-state index is 0. The number of para-hydroxylation sites is 1. The van der Waals surface area contributed by atoms with Gasteiger partial charge >= 0.3 is 0 Å². The Morgan fingerprint density at radius 1 is 0.913 bits per heavy atom. The first kappa shape index (κ1) is 24.3. The van der Waals surface area contributed by atoms with Crippen molar-refractivity contribution in [1.29, 1.82) is 0 Å². The topological polar surface area (TPSA) is 34.3 Å². The molecule has 0 aliphatic rings. The number of allylic oxidation sites excluding steroid dienone is 2. The van der Waals surface area contributed by atoms with Gasteiger partial charge in [0.25, 0.3) is 0 Å². The molecule has 0 saturated heterocycles. The minimum absolute atomic E-state index is 0. The van der Waals surface area contributed by atoms with E-state index in [4.69, 9.17) is 0 Å². The van der Waals surface area contributed by atoms with Gasteiger partial charge in [0.15, 0.2) is 0 Å². The van der Waals surface area contributed by atoms with Gasteiger partial charge in [-0.25, -0.2) is 0 Å². The third kappa shape index (κ3) is 15.7. The summed E-state index contributed by atoms with van der Waals surface area (Å²) in [6.45, 7) is 9.24. The van der Waals surface area contributed by atoms with E-state index in [1.165, 1.54) is 32.1 Å². The van der Waals surface area contributed by atoms with Gasteiger partial charge in [-0.3, -0.25) is 0 Å². The van der Waals surface area contributed by atoms with Crippen LogP contribution in [-0.4, -0.2) is 11.7 Å². The second-order valence-corrected chi connectivity index (χ2v) is 5.83. The zero-order valence-electron chi connectivity index (χ0n) is 15.3.